The quantitative estimate of drug-likeness (QED) is 0.831. The van der Waals surface area contributed by atoms with Gasteiger partial charge in [0.2, 0.25) is 5.91 Å². The highest BCUT2D eigenvalue weighted by Gasteiger charge is 2.31. The minimum atomic E-state index is -0.249. The molecule has 6 nitrogen and oxygen atoms in total. The van der Waals surface area contributed by atoms with Crippen LogP contribution in [0, 0.1) is 5.92 Å². The van der Waals surface area contributed by atoms with Gasteiger partial charge in [0.1, 0.15) is 11.5 Å². The maximum Gasteiger partial charge on any atom is 0.259 e. The number of amides is 2. The van der Waals surface area contributed by atoms with Crippen LogP contribution in [0.1, 0.15) is 41.6 Å². The van der Waals surface area contributed by atoms with Crippen molar-refractivity contribution in [3.8, 4) is 11.5 Å². The van der Waals surface area contributed by atoms with Crippen molar-refractivity contribution < 1.29 is 19.1 Å². The Morgan fingerprint density at radius 3 is 2.55 bits per heavy atom. The van der Waals surface area contributed by atoms with Gasteiger partial charge in [0.15, 0.2) is 0 Å². The lowest BCUT2D eigenvalue weighted by atomic mass is 10.1. The van der Waals surface area contributed by atoms with Gasteiger partial charge in [-0.05, 0) is 55.2 Å². The Labute approximate surface area is 170 Å². The van der Waals surface area contributed by atoms with Gasteiger partial charge in [0.25, 0.3) is 5.91 Å². The number of benzene rings is 2. The average Bonchev–Trinajstić information content (AvgIpc) is 3.42. The van der Waals surface area contributed by atoms with Crippen molar-refractivity contribution in [1.82, 2.24) is 0 Å². The van der Waals surface area contributed by atoms with Gasteiger partial charge in [-0.25, -0.2) is 0 Å². The standard InChI is InChI=1S/C23H26N2O4/c1-28-18-8-9-19(21(14-18)29-2)22(26)24-17-7-10-20-16(13-17)11-12-25(20)23(27)15-5-3-4-6-15/h7-10,13-15H,3-6,11-12H2,1-2H3,(H,24,26). The number of rotatable bonds is 5. The SMILES string of the molecule is COc1ccc(C(=O)Nc2ccc3c(c2)CCN3C(=O)C2CCCC2)c(OC)c1. The number of carbonyl (C=O) groups excluding carboxylic acids is 2. The molecule has 1 N–H and O–H groups in total. The second-order valence-corrected chi connectivity index (χ2v) is 7.59. The molecule has 2 aliphatic rings. The van der Waals surface area contributed by atoms with E-state index in [1.807, 2.05) is 23.1 Å². The van der Waals surface area contributed by atoms with E-state index in [1.165, 1.54) is 7.11 Å². The van der Waals surface area contributed by atoms with Crippen molar-refractivity contribution in [2.24, 2.45) is 5.92 Å². The van der Waals surface area contributed by atoms with Gasteiger partial charge in [0.05, 0.1) is 19.8 Å². The van der Waals surface area contributed by atoms with Crippen molar-refractivity contribution in [3.63, 3.8) is 0 Å². The van der Waals surface area contributed by atoms with E-state index in [0.29, 0.717) is 29.3 Å². The van der Waals surface area contributed by atoms with E-state index >= 15 is 0 Å². The number of anilines is 2. The van der Waals surface area contributed by atoms with Crippen LogP contribution in [0.15, 0.2) is 36.4 Å². The molecule has 29 heavy (non-hydrogen) atoms. The molecule has 2 amide bonds. The zero-order chi connectivity index (χ0) is 20.4. The van der Waals surface area contributed by atoms with E-state index in [1.54, 1.807) is 25.3 Å². The number of methoxy groups -OCH3 is 2. The van der Waals surface area contributed by atoms with Crippen molar-refractivity contribution in [1.29, 1.82) is 0 Å². The molecule has 4 rings (SSSR count). The van der Waals surface area contributed by atoms with Crippen LogP contribution in [0.4, 0.5) is 11.4 Å². The summed E-state index contributed by atoms with van der Waals surface area (Å²) < 4.78 is 10.5. The number of ether oxygens (including phenoxy) is 2. The Morgan fingerprint density at radius 2 is 1.83 bits per heavy atom. The van der Waals surface area contributed by atoms with Crippen molar-refractivity contribution in [2.45, 2.75) is 32.1 Å². The van der Waals surface area contributed by atoms with Crippen LogP contribution < -0.4 is 19.7 Å². The lowest BCUT2D eigenvalue weighted by Crippen LogP contribution is -2.33. The number of hydrogen-bond donors (Lipinski definition) is 1. The van der Waals surface area contributed by atoms with Crippen LogP contribution in [0.5, 0.6) is 11.5 Å². The molecule has 6 heteroatoms. The molecule has 1 aliphatic heterocycles. The Morgan fingerprint density at radius 1 is 1.03 bits per heavy atom. The lowest BCUT2D eigenvalue weighted by molar-refractivity contribution is -0.122. The van der Waals surface area contributed by atoms with Crippen LogP contribution in [0.2, 0.25) is 0 Å². The van der Waals surface area contributed by atoms with Gasteiger partial charge < -0.3 is 19.7 Å². The summed E-state index contributed by atoms with van der Waals surface area (Å²) in [6.45, 7) is 0.717. The molecule has 0 aromatic heterocycles. The molecule has 1 saturated carbocycles. The van der Waals surface area contributed by atoms with Crippen molar-refractivity contribution in [3.05, 3.63) is 47.5 Å². The third-order valence-corrected chi connectivity index (χ3v) is 5.86. The van der Waals surface area contributed by atoms with E-state index in [2.05, 4.69) is 5.32 Å². The Kier molecular flexibility index (Phi) is 5.43. The zero-order valence-corrected chi connectivity index (χ0v) is 16.9. The summed E-state index contributed by atoms with van der Waals surface area (Å²) >= 11 is 0. The Balaban J connectivity index is 1.50. The van der Waals surface area contributed by atoms with E-state index in [9.17, 15) is 9.59 Å². The number of hydrogen-bond acceptors (Lipinski definition) is 4. The third-order valence-electron chi connectivity index (χ3n) is 5.86. The summed E-state index contributed by atoms with van der Waals surface area (Å²) in [5.74, 6) is 1.25. The Hall–Kier alpha value is -3.02. The first-order valence-corrected chi connectivity index (χ1v) is 10.1. The lowest BCUT2D eigenvalue weighted by Gasteiger charge is -2.21. The second-order valence-electron chi connectivity index (χ2n) is 7.59. The normalized spacial score (nSPS) is 15.9. The summed E-state index contributed by atoms with van der Waals surface area (Å²) in [5, 5.41) is 2.94. The Bertz CT molecular complexity index is 934. The fraction of sp³-hybridized carbons (Fsp3) is 0.391. The molecule has 0 atom stereocenters. The van der Waals surface area contributed by atoms with Gasteiger partial charge in [-0.3, -0.25) is 9.59 Å². The maximum absolute atomic E-state index is 12.8. The number of nitrogens with zero attached hydrogens (tertiary/aromatic N) is 1. The molecule has 1 aliphatic carbocycles. The number of carbonyl (C=O) groups is 2. The van der Waals surface area contributed by atoms with Gasteiger partial charge in [0, 0.05) is 29.9 Å². The smallest absolute Gasteiger partial charge is 0.259 e. The van der Waals surface area contributed by atoms with E-state index in [4.69, 9.17) is 9.47 Å². The second kappa shape index (κ2) is 8.15. The largest absolute Gasteiger partial charge is 0.497 e. The molecule has 0 saturated heterocycles. The monoisotopic (exact) mass is 394 g/mol. The summed E-state index contributed by atoms with van der Waals surface area (Å²) in [4.78, 5) is 27.5. The molecule has 1 fully saturated rings. The first-order chi connectivity index (χ1) is 14.1. The van der Waals surface area contributed by atoms with Gasteiger partial charge in [-0.15, -0.1) is 0 Å². The molecule has 0 radical (unpaired) electrons. The molecule has 0 bridgehead atoms. The molecule has 0 spiro atoms. The number of fused-ring (bicyclic) bond motifs is 1. The molecule has 2 aromatic rings. The van der Waals surface area contributed by atoms with E-state index in [0.717, 1.165) is 43.4 Å². The zero-order valence-electron chi connectivity index (χ0n) is 16.9. The van der Waals surface area contributed by atoms with Crippen LogP contribution >= 0.6 is 0 Å². The van der Waals surface area contributed by atoms with Crippen LogP contribution in [-0.2, 0) is 11.2 Å². The molecule has 0 unspecified atom stereocenters. The fourth-order valence-corrected chi connectivity index (χ4v) is 4.29. The van der Waals surface area contributed by atoms with E-state index < -0.39 is 0 Å². The highest BCUT2D eigenvalue weighted by molar-refractivity contribution is 6.06. The predicted molar refractivity (Wildman–Crippen MR) is 112 cm³/mol. The summed E-state index contributed by atoms with van der Waals surface area (Å²) in [6, 6.07) is 10.9. The summed E-state index contributed by atoms with van der Waals surface area (Å²) in [6.07, 6.45) is 5.11. The average molecular weight is 394 g/mol. The van der Waals surface area contributed by atoms with E-state index in [-0.39, 0.29) is 17.7 Å². The van der Waals surface area contributed by atoms with Gasteiger partial charge in [-0.2, -0.15) is 0 Å². The molecular formula is C23H26N2O4. The van der Waals surface area contributed by atoms with Crippen LogP contribution in [0.3, 0.4) is 0 Å². The third kappa shape index (κ3) is 3.79. The molecular weight excluding hydrogens is 368 g/mol. The van der Waals surface area contributed by atoms with Gasteiger partial charge >= 0.3 is 0 Å². The van der Waals surface area contributed by atoms with Crippen LogP contribution in [-0.4, -0.2) is 32.6 Å². The maximum atomic E-state index is 12.8. The summed E-state index contributed by atoms with van der Waals surface area (Å²) in [5.41, 5.74) is 3.21. The van der Waals surface area contributed by atoms with Crippen LogP contribution in [0.25, 0.3) is 0 Å². The first kappa shape index (κ1) is 19.3. The minimum Gasteiger partial charge on any atom is -0.497 e. The first-order valence-electron chi connectivity index (χ1n) is 10.1. The van der Waals surface area contributed by atoms with Crippen molar-refractivity contribution >= 4 is 23.2 Å². The number of nitrogens with one attached hydrogen (secondary N) is 1. The summed E-state index contributed by atoms with van der Waals surface area (Å²) in [7, 11) is 3.09. The fourth-order valence-electron chi connectivity index (χ4n) is 4.29. The topological polar surface area (TPSA) is 67.9 Å². The minimum absolute atomic E-state index is 0.169. The molecule has 2 aromatic carbocycles. The molecule has 152 valence electrons. The van der Waals surface area contributed by atoms with Crippen molar-refractivity contribution in [2.75, 3.05) is 31.0 Å². The molecule has 1 heterocycles. The highest BCUT2D eigenvalue weighted by Crippen LogP contribution is 2.35. The highest BCUT2D eigenvalue weighted by atomic mass is 16.5. The van der Waals surface area contributed by atoms with Gasteiger partial charge in [-0.1, -0.05) is 12.8 Å². The predicted octanol–water partition coefficient (Wildman–Crippen LogP) is 4.04.